The lowest BCUT2D eigenvalue weighted by Crippen LogP contribution is -2.33. The van der Waals surface area contributed by atoms with E-state index in [0.29, 0.717) is 28.6 Å². The van der Waals surface area contributed by atoms with Crippen LogP contribution in [-0.2, 0) is 10.8 Å². The Morgan fingerprint density at radius 3 is 2.79 bits per heavy atom. The fraction of sp³-hybridized carbons (Fsp3) is 0.500. The van der Waals surface area contributed by atoms with Crippen molar-refractivity contribution >= 4 is 34.1 Å². The van der Waals surface area contributed by atoms with Crippen LogP contribution in [0.4, 0.5) is 5.82 Å². The Balaban J connectivity index is 2.62. The lowest BCUT2D eigenvalue weighted by atomic mass is 10.2. The number of nitrogens with one attached hydrogen (secondary N) is 2. The average molecular weight is 304 g/mol. The maximum atomic E-state index is 11.9. The molecule has 0 fully saturated rings. The first-order chi connectivity index (χ1) is 8.93. The van der Waals surface area contributed by atoms with E-state index >= 15 is 0 Å². The van der Waals surface area contributed by atoms with E-state index in [2.05, 4.69) is 15.6 Å². The predicted octanol–water partition coefficient (Wildman–Crippen LogP) is 1.66. The molecule has 0 saturated carbocycles. The third-order valence-electron chi connectivity index (χ3n) is 2.56. The molecule has 1 amide bonds. The minimum Gasteiger partial charge on any atom is -0.372 e. The Bertz CT molecular complexity index is 482. The fourth-order valence-electron chi connectivity index (χ4n) is 1.47. The molecule has 0 radical (unpaired) electrons. The number of hydrogen-bond acceptors (Lipinski definition) is 4. The highest BCUT2D eigenvalue weighted by Gasteiger charge is 2.12. The number of nitrogens with zero attached hydrogens (tertiary/aromatic N) is 1. The lowest BCUT2D eigenvalue weighted by Gasteiger charge is -2.13. The lowest BCUT2D eigenvalue weighted by molar-refractivity contribution is 0.0939. The van der Waals surface area contributed by atoms with E-state index in [0.717, 1.165) is 0 Å². The van der Waals surface area contributed by atoms with Crippen LogP contribution in [0.3, 0.4) is 0 Å². The molecule has 19 heavy (non-hydrogen) atoms. The van der Waals surface area contributed by atoms with Crippen molar-refractivity contribution in [3.8, 4) is 0 Å². The first-order valence-electron chi connectivity index (χ1n) is 5.88. The number of amides is 1. The summed E-state index contributed by atoms with van der Waals surface area (Å²) in [7, 11) is 0.863. The van der Waals surface area contributed by atoms with E-state index in [-0.39, 0.29) is 11.9 Å². The molecule has 0 bridgehead atoms. The van der Waals surface area contributed by atoms with Gasteiger partial charge in [0.2, 0.25) is 0 Å². The quantitative estimate of drug-likeness (QED) is 0.838. The van der Waals surface area contributed by atoms with Gasteiger partial charge in [-0.3, -0.25) is 9.00 Å². The summed E-state index contributed by atoms with van der Waals surface area (Å²) in [6.07, 6.45) is 3.79. The highest BCUT2D eigenvalue weighted by Crippen LogP contribution is 2.19. The summed E-state index contributed by atoms with van der Waals surface area (Å²) in [6, 6.07) is 1.53. The fourth-order valence-corrected chi connectivity index (χ4v) is 2.41. The molecule has 1 rings (SSSR count). The van der Waals surface area contributed by atoms with E-state index in [4.69, 9.17) is 11.6 Å². The smallest absolute Gasteiger partial charge is 0.253 e. The van der Waals surface area contributed by atoms with Gasteiger partial charge in [0.25, 0.3) is 5.91 Å². The molecule has 1 aromatic heterocycles. The summed E-state index contributed by atoms with van der Waals surface area (Å²) in [4.78, 5) is 16.0. The van der Waals surface area contributed by atoms with E-state index in [1.165, 1.54) is 6.20 Å². The van der Waals surface area contributed by atoms with Gasteiger partial charge in [0.15, 0.2) is 0 Å². The van der Waals surface area contributed by atoms with E-state index in [1.807, 2.05) is 6.92 Å². The molecule has 1 heterocycles. The molecular formula is C12H18ClN3O2S. The number of halogens is 1. The molecule has 5 nitrogen and oxygen atoms in total. The zero-order chi connectivity index (χ0) is 14.4. The summed E-state index contributed by atoms with van der Waals surface area (Å²) >= 11 is 5.97. The van der Waals surface area contributed by atoms with Gasteiger partial charge in [0, 0.05) is 42.1 Å². The van der Waals surface area contributed by atoms with Gasteiger partial charge in [-0.05, 0) is 19.4 Å². The molecule has 0 saturated heterocycles. The van der Waals surface area contributed by atoms with Crippen molar-refractivity contribution in [3.63, 3.8) is 0 Å². The number of anilines is 1. The van der Waals surface area contributed by atoms with Gasteiger partial charge in [0.1, 0.15) is 5.82 Å². The number of carbonyl (C=O) groups excluding carboxylic acids is 1. The molecule has 7 heteroatoms. The summed E-state index contributed by atoms with van der Waals surface area (Å²) < 4.78 is 11.0. The number of aromatic nitrogens is 1. The third kappa shape index (κ3) is 5.16. The Morgan fingerprint density at radius 2 is 2.26 bits per heavy atom. The maximum Gasteiger partial charge on any atom is 0.253 e. The van der Waals surface area contributed by atoms with Gasteiger partial charge in [-0.15, -0.1) is 0 Å². The molecule has 0 spiro atoms. The Labute approximate surface area is 120 Å². The van der Waals surface area contributed by atoms with Crippen LogP contribution in [0.25, 0.3) is 0 Å². The van der Waals surface area contributed by atoms with Crippen LogP contribution in [0.1, 0.15) is 23.7 Å². The SMILES string of the molecule is CNc1ncc(C(=O)NC(C)CCS(C)=O)cc1Cl. The first-order valence-corrected chi connectivity index (χ1v) is 7.98. The van der Waals surface area contributed by atoms with Crippen LogP contribution < -0.4 is 10.6 Å². The third-order valence-corrected chi connectivity index (χ3v) is 3.65. The maximum absolute atomic E-state index is 11.9. The number of carbonyl (C=O) groups is 1. The van der Waals surface area contributed by atoms with Gasteiger partial charge >= 0.3 is 0 Å². The summed E-state index contributed by atoms with van der Waals surface area (Å²) in [5, 5.41) is 6.05. The summed E-state index contributed by atoms with van der Waals surface area (Å²) in [5.41, 5.74) is 0.411. The second-order valence-electron chi connectivity index (χ2n) is 4.24. The highest BCUT2D eigenvalue weighted by atomic mass is 35.5. The molecule has 0 aliphatic carbocycles. The summed E-state index contributed by atoms with van der Waals surface area (Å²) in [5.74, 6) is 0.873. The molecule has 1 aromatic rings. The number of hydrogen-bond donors (Lipinski definition) is 2. The van der Waals surface area contributed by atoms with Gasteiger partial charge in [0.05, 0.1) is 10.6 Å². The zero-order valence-electron chi connectivity index (χ0n) is 11.2. The van der Waals surface area contributed by atoms with Crippen LogP contribution in [0, 0.1) is 0 Å². The van der Waals surface area contributed by atoms with Crippen LogP contribution in [-0.4, -0.2) is 40.2 Å². The van der Waals surface area contributed by atoms with Gasteiger partial charge < -0.3 is 10.6 Å². The van der Waals surface area contributed by atoms with Gasteiger partial charge in [-0.25, -0.2) is 4.98 Å². The Hall–Kier alpha value is -1.14. The van der Waals surface area contributed by atoms with Gasteiger partial charge in [-0.1, -0.05) is 11.6 Å². The Kier molecular flexibility index (Phi) is 6.24. The molecular weight excluding hydrogens is 286 g/mol. The molecule has 2 N–H and O–H groups in total. The topological polar surface area (TPSA) is 71.1 Å². The van der Waals surface area contributed by atoms with Crippen molar-refractivity contribution in [1.29, 1.82) is 0 Å². The first kappa shape index (κ1) is 15.9. The van der Waals surface area contributed by atoms with Crippen molar-refractivity contribution < 1.29 is 9.00 Å². The second-order valence-corrected chi connectivity index (χ2v) is 6.21. The Morgan fingerprint density at radius 1 is 1.58 bits per heavy atom. The standard InChI is InChI=1S/C12H18ClN3O2S/c1-8(4-5-19(3)18)16-12(17)9-6-10(13)11(14-2)15-7-9/h6-8H,4-5H2,1-3H3,(H,14,15)(H,16,17). The molecule has 0 aromatic carbocycles. The van der Waals surface area contributed by atoms with Crippen molar-refractivity contribution in [2.45, 2.75) is 19.4 Å². The minimum absolute atomic E-state index is 0.0425. The van der Waals surface area contributed by atoms with Crippen molar-refractivity contribution in [2.75, 3.05) is 24.4 Å². The number of pyridine rings is 1. The van der Waals surface area contributed by atoms with E-state index in [9.17, 15) is 9.00 Å². The average Bonchev–Trinajstić information content (AvgIpc) is 2.36. The minimum atomic E-state index is -0.847. The van der Waals surface area contributed by atoms with Crippen LogP contribution in [0.5, 0.6) is 0 Å². The molecule has 0 aliphatic rings. The van der Waals surface area contributed by atoms with Crippen molar-refractivity contribution in [1.82, 2.24) is 10.3 Å². The monoisotopic (exact) mass is 303 g/mol. The molecule has 0 aliphatic heterocycles. The van der Waals surface area contributed by atoms with Crippen LogP contribution >= 0.6 is 11.6 Å². The van der Waals surface area contributed by atoms with Crippen LogP contribution in [0.15, 0.2) is 12.3 Å². The molecule has 2 unspecified atom stereocenters. The summed E-state index contributed by atoms with van der Waals surface area (Å²) in [6.45, 7) is 1.88. The molecule has 2 atom stereocenters. The zero-order valence-corrected chi connectivity index (χ0v) is 12.8. The molecule has 106 valence electrons. The van der Waals surface area contributed by atoms with Gasteiger partial charge in [-0.2, -0.15) is 0 Å². The van der Waals surface area contributed by atoms with Crippen molar-refractivity contribution in [2.24, 2.45) is 0 Å². The predicted molar refractivity (Wildman–Crippen MR) is 79.3 cm³/mol. The van der Waals surface area contributed by atoms with Crippen LogP contribution in [0.2, 0.25) is 5.02 Å². The highest BCUT2D eigenvalue weighted by molar-refractivity contribution is 7.84. The number of rotatable bonds is 6. The van der Waals surface area contributed by atoms with E-state index in [1.54, 1.807) is 19.4 Å². The van der Waals surface area contributed by atoms with E-state index < -0.39 is 10.8 Å². The normalized spacial score (nSPS) is 13.7. The van der Waals surface area contributed by atoms with Crippen molar-refractivity contribution in [3.05, 3.63) is 22.8 Å². The largest absolute Gasteiger partial charge is 0.372 e. The second kappa shape index (κ2) is 7.45.